The molecular formula is C26H25ClN3O4+. The second kappa shape index (κ2) is 10.4. The van der Waals surface area contributed by atoms with Gasteiger partial charge in [0.25, 0.3) is 11.7 Å². The fraction of sp³-hybridized carbons (Fsp3) is 0.192. The number of rotatable bonds is 9. The smallest absolute Gasteiger partial charge is 0.295 e. The highest BCUT2D eigenvalue weighted by atomic mass is 35.5. The highest BCUT2D eigenvalue weighted by Crippen LogP contribution is 2.39. The number of benzene rings is 2. The number of aromatic amines is 1. The van der Waals surface area contributed by atoms with E-state index in [-0.39, 0.29) is 11.3 Å². The van der Waals surface area contributed by atoms with Crippen LogP contribution in [0.1, 0.15) is 23.6 Å². The van der Waals surface area contributed by atoms with Crippen LogP contribution in [0.2, 0.25) is 5.02 Å². The SMILES string of the molecule is C=CCOc1ccc(/C(O)=C2\C(=O)C(=O)N(CCC[n+]3cc[nH]c3)C2c2ccc(Cl)cc2)cc1. The van der Waals surface area contributed by atoms with Crippen LogP contribution in [0.4, 0.5) is 0 Å². The van der Waals surface area contributed by atoms with Crippen molar-refractivity contribution in [1.29, 1.82) is 0 Å². The molecule has 1 aliphatic heterocycles. The summed E-state index contributed by atoms with van der Waals surface area (Å²) in [6.45, 7) is 4.99. The Morgan fingerprint density at radius 3 is 2.56 bits per heavy atom. The topological polar surface area (TPSA) is 86.5 Å². The van der Waals surface area contributed by atoms with Gasteiger partial charge in [-0.25, -0.2) is 4.57 Å². The molecule has 2 heterocycles. The van der Waals surface area contributed by atoms with Crippen molar-refractivity contribution in [1.82, 2.24) is 9.88 Å². The number of ketones is 1. The van der Waals surface area contributed by atoms with Crippen molar-refractivity contribution in [3.8, 4) is 5.75 Å². The Morgan fingerprint density at radius 2 is 1.91 bits per heavy atom. The number of aryl methyl sites for hydroxylation is 1. The summed E-state index contributed by atoms with van der Waals surface area (Å²) in [4.78, 5) is 30.6. The number of aliphatic hydroxyl groups is 1. The van der Waals surface area contributed by atoms with Gasteiger partial charge in [0.05, 0.1) is 18.2 Å². The molecule has 0 bridgehead atoms. The van der Waals surface area contributed by atoms with Gasteiger partial charge >= 0.3 is 0 Å². The third-order valence-electron chi connectivity index (χ3n) is 5.64. The zero-order valence-electron chi connectivity index (χ0n) is 18.5. The monoisotopic (exact) mass is 478 g/mol. The molecule has 8 heteroatoms. The van der Waals surface area contributed by atoms with Crippen molar-refractivity contribution in [2.45, 2.75) is 19.0 Å². The fourth-order valence-electron chi connectivity index (χ4n) is 4.01. The molecule has 1 unspecified atom stereocenters. The van der Waals surface area contributed by atoms with Crippen LogP contribution < -0.4 is 9.30 Å². The summed E-state index contributed by atoms with van der Waals surface area (Å²) in [5, 5.41) is 11.7. The number of H-pyrrole nitrogens is 1. The average Bonchev–Trinajstić information content (AvgIpc) is 3.45. The first-order valence-electron chi connectivity index (χ1n) is 10.9. The van der Waals surface area contributed by atoms with Crippen LogP contribution in [0.5, 0.6) is 5.75 Å². The van der Waals surface area contributed by atoms with E-state index in [1.165, 1.54) is 4.90 Å². The molecule has 34 heavy (non-hydrogen) atoms. The lowest BCUT2D eigenvalue weighted by atomic mass is 9.95. The van der Waals surface area contributed by atoms with Gasteiger partial charge in [0.15, 0.2) is 0 Å². The molecule has 7 nitrogen and oxygen atoms in total. The number of carbonyl (C=O) groups is 2. The number of nitrogens with zero attached hydrogens (tertiary/aromatic N) is 2. The summed E-state index contributed by atoms with van der Waals surface area (Å²) in [5.74, 6) is -0.963. The molecule has 0 aliphatic carbocycles. The lowest BCUT2D eigenvalue weighted by molar-refractivity contribution is -0.695. The van der Waals surface area contributed by atoms with Crippen LogP contribution in [0.15, 0.2) is 85.5 Å². The van der Waals surface area contributed by atoms with Crippen LogP contribution >= 0.6 is 11.6 Å². The number of aliphatic hydroxyl groups excluding tert-OH is 1. The van der Waals surface area contributed by atoms with Crippen LogP contribution in [-0.2, 0) is 16.1 Å². The zero-order chi connectivity index (χ0) is 24.1. The predicted octanol–water partition coefficient (Wildman–Crippen LogP) is 4.03. The molecule has 1 atom stereocenters. The number of carbonyl (C=O) groups excluding carboxylic acids is 2. The summed E-state index contributed by atoms with van der Waals surface area (Å²) in [5.41, 5.74) is 1.18. The molecule has 0 spiro atoms. The van der Waals surface area contributed by atoms with E-state index in [2.05, 4.69) is 11.6 Å². The third-order valence-corrected chi connectivity index (χ3v) is 5.89. The Bertz CT molecular complexity index is 1200. The molecule has 1 aromatic heterocycles. The standard InChI is InChI=1S/C26H24ClN3O4/c1-2-16-34-21-10-6-19(7-11-21)24(31)22-23(18-4-8-20(27)9-5-18)30(26(33)25(22)32)14-3-13-29-15-12-28-17-29/h2,4-12,15,17,23H,1,3,13-14,16H2,(H,31,32)/p+1. The van der Waals surface area contributed by atoms with E-state index in [0.29, 0.717) is 48.0 Å². The van der Waals surface area contributed by atoms with Gasteiger partial charge in [-0.2, -0.15) is 0 Å². The van der Waals surface area contributed by atoms with Crippen LogP contribution in [0, 0.1) is 0 Å². The predicted molar refractivity (Wildman–Crippen MR) is 128 cm³/mol. The van der Waals surface area contributed by atoms with Gasteiger partial charge in [-0.15, -0.1) is 0 Å². The van der Waals surface area contributed by atoms with E-state index >= 15 is 0 Å². The Labute approximate surface area is 202 Å². The van der Waals surface area contributed by atoms with Crippen molar-refractivity contribution in [2.75, 3.05) is 13.2 Å². The van der Waals surface area contributed by atoms with Crippen molar-refractivity contribution in [3.05, 3.63) is 102 Å². The number of halogens is 1. The second-order valence-corrected chi connectivity index (χ2v) is 8.31. The zero-order valence-corrected chi connectivity index (χ0v) is 19.2. The van der Waals surface area contributed by atoms with E-state index in [9.17, 15) is 14.7 Å². The number of nitrogens with one attached hydrogen (secondary N) is 1. The normalized spacial score (nSPS) is 17.2. The first-order chi connectivity index (χ1) is 16.5. The number of hydrogen-bond donors (Lipinski definition) is 2. The molecule has 1 aliphatic rings. The number of aromatic nitrogens is 2. The number of imidazole rings is 1. The van der Waals surface area contributed by atoms with E-state index in [1.54, 1.807) is 54.6 Å². The molecule has 1 amide bonds. The van der Waals surface area contributed by atoms with E-state index in [4.69, 9.17) is 16.3 Å². The lowest BCUT2D eigenvalue weighted by Gasteiger charge is -2.25. The summed E-state index contributed by atoms with van der Waals surface area (Å²) in [6, 6.07) is 12.9. The van der Waals surface area contributed by atoms with E-state index in [1.807, 2.05) is 23.3 Å². The van der Waals surface area contributed by atoms with Crippen LogP contribution in [0.3, 0.4) is 0 Å². The number of amides is 1. The number of ether oxygens (including phenoxy) is 1. The largest absolute Gasteiger partial charge is 0.507 e. The maximum absolute atomic E-state index is 13.1. The van der Waals surface area contributed by atoms with E-state index < -0.39 is 17.7 Å². The van der Waals surface area contributed by atoms with Gasteiger partial charge in [-0.3, -0.25) is 14.6 Å². The molecule has 3 aromatic rings. The van der Waals surface area contributed by atoms with Gasteiger partial charge in [0.2, 0.25) is 6.33 Å². The van der Waals surface area contributed by atoms with Crippen molar-refractivity contribution in [3.63, 3.8) is 0 Å². The van der Waals surface area contributed by atoms with Crippen molar-refractivity contribution in [2.24, 2.45) is 0 Å². The molecule has 2 aromatic carbocycles. The highest BCUT2D eigenvalue weighted by molar-refractivity contribution is 6.46. The Kier molecular flexibility index (Phi) is 7.13. The molecule has 1 saturated heterocycles. The van der Waals surface area contributed by atoms with E-state index in [0.717, 1.165) is 0 Å². The molecule has 4 rings (SSSR count). The fourth-order valence-corrected chi connectivity index (χ4v) is 4.13. The van der Waals surface area contributed by atoms with Gasteiger partial charge in [0.1, 0.15) is 30.5 Å². The van der Waals surface area contributed by atoms with Crippen molar-refractivity contribution < 1.29 is 24.0 Å². The van der Waals surface area contributed by atoms with Crippen molar-refractivity contribution >= 4 is 29.1 Å². The summed E-state index contributed by atoms with van der Waals surface area (Å²) in [7, 11) is 0. The maximum Gasteiger partial charge on any atom is 0.295 e. The third kappa shape index (κ3) is 4.89. The number of Topliss-reactive ketones (excluding diaryl/α,β-unsaturated/α-hetero) is 1. The van der Waals surface area contributed by atoms with Gasteiger partial charge in [-0.05, 0) is 42.0 Å². The summed E-state index contributed by atoms with van der Waals surface area (Å²) in [6.07, 6.45) is 7.80. The molecule has 0 radical (unpaired) electrons. The second-order valence-electron chi connectivity index (χ2n) is 7.87. The van der Waals surface area contributed by atoms with Gasteiger partial charge < -0.3 is 14.7 Å². The van der Waals surface area contributed by atoms with Crippen LogP contribution in [0.25, 0.3) is 5.76 Å². The molecule has 0 saturated carbocycles. The highest BCUT2D eigenvalue weighted by Gasteiger charge is 2.45. The lowest BCUT2D eigenvalue weighted by Crippen LogP contribution is -2.36. The average molecular weight is 479 g/mol. The summed E-state index contributed by atoms with van der Waals surface area (Å²) >= 11 is 6.07. The maximum atomic E-state index is 13.1. The minimum Gasteiger partial charge on any atom is -0.507 e. The molecular weight excluding hydrogens is 454 g/mol. The minimum absolute atomic E-state index is 0.0568. The number of hydrogen-bond acceptors (Lipinski definition) is 4. The Balaban J connectivity index is 1.68. The van der Waals surface area contributed by atoms with Crippen LogP contribution in [-0.4, -0.2) is 39.8 Å². The minimum atomic E-state index is -0.717. The van der Waals surface area contributed by atoms with Gasteiger partial charge in [-0.1, -0.05) is 36.4 Å². The molecule has 2 N–H and O–H groups in total. The first kappa shape index (κ1) is 23.3. The Morgan fingerprint density at radius 1 is 1.18 bits per heavy atom. The molecule has 174 valence electrons. The number of likely N-dealkylation sites (tertiary alicyclic amines) is 1. The quantitative estimate of drug-likeness (QED) is 0.160. The van der Waals surface area contributed by atoms with Gasteiger partial charge in [0, 0.05) is 23.6 Å². The molecule has 1 fully saturated rings. The summed E-state index contributed by atoms with van der Waals surface area (Å²) < 4.78 is 7.45. The first-order valence-corrected chi connectivity index (χ1v) is 11.3. The Hall–Kier alpha value is -3.84.